The van der Waals surface area contributed by atoms with E-state index >= 15 is 0 Å². The first-order chi connectivity index (χ1) is 11.3. The molecule has 1 fully saturated rings. The average molecular weight is 339 g/mol. The second-order valence-corrected chi connectivity index (χ2v) is 5.16. The van der Waals surface area contributed by atoms with Crippen molar-refractivity contribution >= 4 is 23.5 Å². The van der Waals surface area contributed by atoms with Crippen LogP contribution < -0.4 is 10.2 Å². The minimum absolute atomic E-state index is 0.0209. The van der Waals surface area contributed by atoms with Crippen LogP contribution in [0.5, 0.6) is 0 Å². The number of anilines is 2. The Bertz CT molecular complexity index is 769. The van der Waals surface area contributed by atoms with Gasteiger partial charge in [0, 0.05) is 24.2 Å². The molecule has 0 atom stereocenters. The summed E-state index contributed by atoms with van der Waals surface area (Å²) in [5.41, 5.74) is 0.884. The number of carbonyl (C=O) groups is 2. The van der Waals surface area contributed by atoms with Crippen LogP contribution in [0, 0.1) is 0 Å². The Morgan fingerprint density at radius 2 is 1.96 bits per heavy atom. The number of rotatable bonds is 3. The highest BCUT2D eigenvalue weighted by molar-refractivity contribution is 6.04. The van der Waals surface area contributed by atoms with Crippen LogP contribution in [0.25, 0.3) is 0 Å². The van der Waals surface area contributed by atoms with E-state index in [1.807, 2.05) is 0 Å². The van der Waals surface area contributed by atoms with Crippen LogP contribution in [0.1, 0.15) is 29.0 Å². The summed E-state index contributed by atoms with van der Waals surface area (Å²) in [6.07, 6.45) is -3.39. The molecule has 1 aromatic heterocycles. The smallest absolute Gasteiger partial charge is 0.312 e. The first-order valence-electron chi connectivity index (χ1n) is 7.06. The Morgan fingerprint density at radius 1 is 1.25 bits per heavy atom. The van der Waals surface area contributed by atoms with Gasteiger partial charge in [-0.05, 0) is 30.7 Å². The van der Waals surface area contributed by atoms with Crippen LogP contribution in [-0.4, -0.2) is 33.5 Å². The highest BCUT2D eigenvalue weighted by Crippen LogP contribution is 2.26. The summed E-state index contributed by atoms with van der Waals surface area (Å²) in [6, 6.07) is 6.18. The lowest BCUT2D eigenvalue weighted by Gasteiger charge is -2.15. The highest BCUT2D eigenvalue weighted by Gasteiger charge is 2.35. The maximum atomic E-state index is 12.4. The molecule has 3 rings (SSSR count). The molecule has 1 aromatic carbocycles. The summed E-state index contributed by atoms with van der Waals surface area (Å²) in [5.74, 6) is -2.39. The van der Waals surface area contributed by atoms with Gasteiger partial charge in [0.1, 0.15) is 0 Å². The Labute approximate surface area is 133 Å². The van der Waals surface area contributed by atoms with E-state index in [-0.39, 0.29) is 11.5 Å². The largest absolute Gasteiger partial charge is 0.451 e. The number of benzene rings is 1. The van der Waals surface area contributed by atoms with Crippen LogP contribution in [0.4, 0.5) is 24.8 Å². The van der Waals surface area contributed by atoms with Crippen molar-refractivity contribution < 1.29 is 22.8 Å². The summed E-state index contributed by atoms with van der Waals surface area (Å²) in [5, 5.41) is 7.18. The number of halogens is 3. The van der Waals surface area contributed by atoms with Crippen molar-refractivity contribution in [3.05, 3.63) is 35.7 Å². The highest BCUT2D eigenvalue weighted by atomic mass is 19.4. The van der Waals surface area contributed by atoms with Crippen molar-refractivity contribution in [1.82, 2.24) is 15.2 Å². The summed E-state index contributed by atoms with van der Waals surface area (Å²) in [6.45, 7) is 0.627. The number of H-pyrrole nitrogens is 1. The van der Waals surface area contributed by atoms with Crippen molar-refractivity contribution in [3.63, 3.8) is 0 Å². The van der Waals surface area contributed by atoms with Gasteiger partial charge in [-0.2, -0.15) is 18.2 Å². The zero-order valence-corrected chi connectivity index (χ0v) is 12.2. The summed E-state index contributed by atoms with van der Waals surface area (Å²) < 4.78 is 37.2. The molecule has 0 aliphatic carbocycles. The monoisotopic (exact) mass is 339 g/mol. The second kappa shape index (κ2) is 5.95. The van der Waals surface area contributed by atoms with Gasteiger partial charge in [-0.1, -0.05) is 0 Å². The molecular weight excluding hydrogens is 327 g/mol. The molecule has 1 aliphatic rings. The maximum Gasteiger partial charge on any atom is 0.451 e. The molecule has 1 aliphatic heterocycles. The van der Waals surface area contributed by atoms with E-state index in [4.69, 9.17) is 0 Å². The van der Waals surface area contributed by atoms with E-state index in [0.717, 1.165) is 6.42 Å². The first kappa shape index (κ1) is 16.0. The number of aromatic amines is 1. The van der Waals surface area contributed by atoms with E-state index in [0.29, 0.717) is 18.7 Å². The van der Waals surface area contributed by atoms with E-state index in [1.54, 1.807) is 22.1 Å². The van der Waals surface area contributed by atoms with Gasteiger partial charge in [0.05, 0.1) is 0 Å². The number of nitrogens with one attached hydrogen (secondary N) is 2. The van der Waals surface area contributed by atoms with Gasteiger partial charge in [-0.3, -0.25) is 20.0 Å². The number of carbonyl (C=O) groups excluding carboxylic acids is 2. The number of nitrogens with zero attached hydrogens (tertiary/aromatic N) is 3. The van der Waals surface area contributed by atoms with Gasteiger partial charge >= 0.3 is 6.18 Å². The van der Waals surface area contributed by atoms with Crippen molar-refractivity contribution in [3.8, 4) is 0 Å². The van der Waals surface area contributed by atoms with Crippen molar-refractivity contribution in [1.29, 1.82) is 0 Å². The Hall–Kier alpha value is -2.91. The molecule has 126 valence electrons. The number of amides is 2. The van der Waals surface area contributed by atoms with Gasteiger partial charge < -0.3 is 4.90 Å². The van der Waals surface area contributed by atoms with Crippen LogP contribution >= 0.6 is 0 Å². The SMILES string of the molecule is O=C(Nc1n[nH]c(C(F)(F)F)n1)c1ccc(N2CCCC2=O)cc1. The third-order valence-corrected chi connectivity index (χ3v) is 3.49. The number of alkyl halides is 3. The fourth-order valence-corrected chi connectivity index (χ4v) is 2.33. The first-order valence-corrected chi connectivity index (χ1v) is 7.06. The minimum atomic E-state index is -4.67. The van der Waals surface area contributed by atoms with Gasteiger partial charge in [0.2, 0.25) is 17.7 Å². The van der Waals surface area contributed by atoms with Crippen LogP contribution in [0.2, 0.25) is 0 Å². The van der Waals surface area contributed by atoms with Crippen LogP contribution in [-0.2, 0) is 11.0 Å². The van der Waals surface area contributed by atoms with E-state index in [2.05, 4.69) is 15.4 Å². The van der Waals surface area contributed by atoms with Crippen molar-refractivity contribution in [2.45, 2.75) is 19.0 Å². The quantitative estimate of drug-likeness (QED) is 0.897. The minimum Gasteiger partial charge on any atom is -0.312 e. The van der Waals surface area contributed by atoms with E-state index in [1.165, 1.54) is 12.1 Å². The normalized spacial score (nSPS) is 15.0. The van der Waals surface area contributed by atoms with Gasteiger partial charge in [0.25, 0.3) is 5.91 Å². The Morgan fingerprint density at radius 3 is 2.50 bits per heavy atom. The third-order valence-electron chi connectivity index (χ3n) is 3.49. The molecule has 7 nitrogen and oxygen atoms in total. The van der Waals surface area contributed by atoms with Crippen molar-refractivity contribution in [2.75, 3.05) is 16.8 Å². The predicted octanol–water partition coefficient (Wildman–Crippen LogP) is 2.20. The molecule has 10 heteroatoms. The number of aromatic nitrogens is 3. The Balaban J connectivity index is 1.69. The molecule has 0 radical (unpaired) electrons. The summed E-state index contributed by atoms with van der Waals surface area (Å²) in [4.78, 5) is 28.4. The molecule has 2 aromatic rings. The summed E-state index contributed by atoms with van der Waals surface area (Å²) >= 11 is 0. The molecule has 24 heavy (non-hydrogen) atoms. The van der Waals surface area contributed by atoms with Gasteiger partial charge in [-0.15, -0.1) is 5.10 Å². The van der Waals surface area contributed by atoms with Crippen LogP contribution in [0.15, 0.2) is 24.3 Å². The molecular formula is C14H12F3N5O2. The molecule has 1 saturated heterocycles. The Kier molecular flexibility index (Phi) is 3.96. The average Bonchev–Trinajstić information content (AvgIpc) is 3.16. The molecule has 0 unspecified atom stereocenters. The summed E-state index contributed by atoms with van der Waals surface area (Å²) in [7, 11) is 0. The molecule has 2 heterocycles. The molecule has 0 saturated carbocycles. The number of hydrogen-bond donors (Lipinski definition) is 2. The van der Waals surface area contributed by atoms with E-state index < -0.39 is 23.9 Å². The second-order valence-electron chi connectivity index (χ2n) is 5.16. The molecule has 2 N–H and O–H groups in total. The molecule has 2 amide bonds. The zero-order valence-electron chi connectivity index (χ0n) is 12.2. The fraction of sp³-hybridized carbons (Fsp3) is 0.286. The number of hydrogen-bond acceptors (Lipinski definition) is 4. The zero-order chi connectivity index (χ0) is 17.3. The molecule has 0 bridgehead atoms. The lowest BCUT2D eigenvalue weighted by Crippen LogP contribution is -2.23. The van der Waals surface area contributed by atoms with E-state index in [9.17, 15) is 22.8 Å². The maximum absolute atomic E-state index is 12.4. The molecule has 0 spiro atoms. The lowest BCUT2D eigenvalue weighted by atomic mass is 10.2. The third kappa shape index (κ3) is 3.21. The van der Waals surface area contributed by atoms with Gasteiger partial charge in [0.15, 0.2) is 0 Å². The lowest BCUT2D eigenvalue weighted by molar-refractivity contribution is -0.144. The fourth-order valence-electron chi connectivity index (χ4n) is 2.33. The standard InChI is InChI=1S/C14H12F3N5O2/c15-14(16,17)12-19-13(21-20-12)18-11(24)8-3-5-9(6-4-8)22-7-1-2-10(22)23/h3-6H,1-2,7H2,(H2,18,19,20,21,24). The van der Waals surface area contributed by atoms with Gasteiger partial charge in [-0.25, -0.2) is 0 Å². The van der Waals surface area contributed by atoms with Crippen LogP contribution in [0.3, 0.4) is 0 Å². The predicted molar refractivity (Wildman–Crippen MR) is 77.4 cm³/mol. The topological polar surface area (TPSA) is 91.0 Å². The van der Waals surface area contributed by atoms with Crippen molar-refractivity contribution in [2.24, 2.45) is 0 Å².